The summed E-state index contributed by atoms with van der Waals surface area (Å²) in [6, 6.07) is 1.54. The van der Waals surface area contributed by atoms with Gasteiger partial charge in [-0.25, -0.2) is 4.79 Å². The summed E-state index contributed by atoms with van der Waals surface area (Å²) < 4.78 is 6.26. The van der Waals surface area contributed by atoms with Crippen molar-refractivity contribution >= 4 is 5.97 Å². The first-order valence-corrected chi connectivity index (χ1v) is 4.80. The van der Waals surface area contributed by atoms with E-state index in [1.165, 1.54) is 10.7 Å². The van der Waals surface area contributed by atoms with Gasteiger partial charge in [0.25, 0.3) is 0 Å². The van der Waals surface area contributed by atoms with E-state index in [-0.39, 0.29) is 0 Å². The summed E-state index contributed by atoms with van der Waals surface area (Å²) in [7, 11) is 1.64. The smallest absolute Gasteiger partial charge is 0.356 e. The highest BCUT2D eigenvalue weighted by Crippen LogP contribution is 2.19. The summed E-state index contributed by atoms with van der Waals surface area (Å²) in [5.74, 6) is -0.428. The van der Waals surface area contributed by atoms with Crippen molar-refractivity contribution in [3.63, 3.8) is 0 Å². The van der Waals surface area contributed by atoms with Gasteiger partial charge in [-0.3, -0.25) is 4.68 Å². The number of rotatable bonds is 3. The van der Waals surface area contributed by atoms with Gasteiger partial charge >= 0.3 is 5.97 Å². The number of carbonyl (C=O) groups is 1. The van der Waals surface area contributed by atoms with Gasteiger partial charge in [-0.2, -0.15) is 5.10 Å². The van der Waals surface area contributed by atoms with Crippen molar-refractivity contribution in [3.05, 3.63) is 17.5 Å². The van der Waals surface area contributed by atoms with Crippen LogP contribution >= 0.6 is 0 Å². The molecule has 0 aliphatic heterocycles. The average molecular weight is 212 g/mol. The minimum atomic E-state index is -1.05. The van der Waals surface area contributed by atoms with Gasteiger partial charge in [-0.15, -0.1) is 0 Å². The predicted octanol–water partition coefficient (Wildman–Crippen LogP) is 0.824. The van der Waals surface area contributed by atoms with Crippen molar-refractivity contribution < 1.29 is 14.6 Å². The maximum Gasteiger partial charge on any atom is 0.356 e. The molecular formula is C10H16N2O3. The Labute approximate surface area is 88.7 Å². The molecule has 0 bridgehead atoms. The molecule has 1 heterocycles. The molecular weight excluding hydrogens is 196 g/mol. The largest absolute Gasteiger partial charge is 0.461 e. The summed E-state index contributed by atoms with van der Waals surface area (Å²) >= 11 is 0. The van der Waals surface area contributed by atoms with Gasteiger partial charge in [-0.1, -0.05) is 0 Å². The van der Waals surface area contributed by atoms with Gasteiger partial charge in [0.05, 0.1) is 12.3 Å². The number of aryl methyl sites for hydroxylation is 1. The molecule has 0 saturated carbocycles. The SMILES string of the molecule is CCOC(=O)c1cc(C(C)(C)O)nn1C. The summed E-state index contributed by atoms with van der Waals surface area (Å²) in [4.78, 5) is 11.4. The summed E-state index contributed by atoms with van der Waals surface area (Å²) in [5.41, 5.74) is -0.260. The maximum atomic E-state index is 11.4. The average Bonchev–Trinajstić information content (AvgIpc) is 2.47. The molecule has 0 fully saturated rings. The zero-order valence-corrected chi connectivity index (χ0v) is 9.44. The van der Waals surface area contributed by atoms with Crippen LogP contribution in [0.4, 0.5) is 0 Å². The number of ether oxygens (including phenoxy) is 1. The normalized spacial score (nSPS) is 11.5. The Bertz CT molecular complexity index is 363. The molecule has 15 heavy (non-hydrogen) atoms. The van der Waals surface area contributed by atoms with Crippen LogP contribution in [-0.4, -0.2) is 27.5 Å². The van der Waals surface area contributed by atoms with Crippen LogP contribution < -0.4 is 0 Å². The molecule has 0 amide bonds. The fourth-order valence-corrected chi connectivity index (χ4v) is 1.16. The lowest BCUT2D eigenvalue weighted by molar-refractivity contribution is 0.0513. The monoisotopic (exact) mass is 212 g/mol. The highest BCUT2D eigenvalue weighted by atomic mass is 16.5. The quantitative estimate of drug-likeness (QED) is 0.753. The van der Waals surface area contributed by atoms with Crippen molar-refractivity contribution in [2.45, 2.75) is 26.4 Å². The van der Waals surface area contributed by atoms with Crippen molar-refractivity contribution in [2.24, 2.45) is 7.05 Å². The molecule has 1 rings (SSSR count). The molecule has 0 aliphatic rings. The number of esters is 1. The van der Waals surface area contributed by atoms with Crippen LogP contribution in [-0.2, 0) is 17.4 Å². The Balaban J connectivity index is 3.02. The van der Waals surface area contributed by atoms with E-state index >= 15 is 0 Å². The lowest BCUT2D eigenvalue weighted by atomic mass is 10.1. The van der Waals surface area contributed by atoms with Crippen LogP contribution in [0.1, 0.15) is 37.0 Å². The zero-order chi connectivity index (χ0) is 11.6. The number of aliphatic hydroxyl groups is 1. The van der Waals surface area contributed by atoms with Crippen LogP contribution in [0, 0.1) is 0 Å². The highest BCUT2D eigenvalue weighted by molar-refractivity contribution is 5.87. The van der Waals surface area contributed by atoms with Crippen molar-refractivity contribution in [1.29, 1.82) is 0 Å². The second kappa shape index (κ2) is 4.02. The number of nitrogens with zero attached hydrogens (tertiary/aromatic N) is 2. The summed E-state index contributed by atoms with van der Waals surface area (Å²) in [5, 5.41) is 13.8. The topological polar surface area (TPSA) is 64.3 Å². The molecule has 0 atom stereocenters. The molecule has 0 aromatic carbocycles. The first-order valence-electron chi connectivity index (χ1n) is 4.80. The lowest BCUT2D eigenvalue weighted by Gasteiger charge is -2.12. The summed E-state index contributed by atoms with van der Waals surface area (Å²) in [6.07, 6.45) is 0. The summed E-state index contributed by atoms with van der Waals surface area (Å²) in [6.45, 7) is 5.29. The van der Waals surface area contributed by atoms with Gasteiger partial charge in [-0.05, 0) is 26.8 Å². The Hall–Kier alpha value is -1.36. The van der Waals surface area contributed by atoms with Crippen LogP contribution in [0.25, 0.3) is 0 Å². The van der Waals surface area contributed by atoms with E-state index in [2.05, 4.69) is 5.10 Å². The highest BCUT2D eigenvalue weighted by Gasteiger charge is 2.23. The van der Waals surface area contributed by atoms with E-state index < -0.39 is 11.6 Å². The molecule has 0 unspecified atom stereocenters. The minimum absolute atomic E-state index is 0.321. The number of aromatic nitrogens is 2. The van der Waals surface area contributed by atoms with E-state index in [4.69, 9.17) is 4.74 Å². The predicted molar refractivity (Wildman–Crippen MR) is 54.4 cm³/mol. The second-order valence-corrected chi connectivity index (χ2v) is 3.82. The third kappa shape index (κ3) is 2.56. The fraction of sp³-hybridized carbons (Fsp3) is 0.600. The van der Waals surface area contributed by atoms with E-state index in [0.717, 1.165) is 0 Å². The minimum Gasteiger partial charge on any atom is -0.461 e. The third-order valence-electron chi connectivity index (χ3n) is 1.99. The van der Waals surface area contributed by atoms with Gasteiger partial charge < -0.3 is 9.84 Å². The Morgan fingerprint density at radius 1 is 1.67 bits per heavy atom. The van der Waals surface area contributed by atoms with Gasteiger partial charge in [0.2, 0.25) is 0 Å². The molecule has 5 nitrogen and oxygen atoms in total. The first kappa shape index (κ1) is 11.7. The van der Waals surface area contributed by atoms with E-state index in [0.29, 0.717) is 18.0 Å². The molecule has 0 saturated heterocycles. The van der Waals surface area contributed by atoms with Crippen molar-refractivity contribution in [1.82, 2.24) is 9.78 Å². The molecule has 1 aromatic heterocycles. The van der Waals surface area contributed by atoms with Crippen molar-refractivity contribution in [2.75, 3.05) is 6.61 Å². The van der Waals surface area contributed by atoms with Crippen LogP contribution in [0.5, 0.6) is 0 Å². The van der Waals surface area contributed by atoms with Crippen LogP contribution in [0.3, 0.4) is 0 Å². The fourth-order valence-electron chi connectivity index (χ4n) is 1.16. The number of carbonyl (C=O) groups excluding carboxylic acids is 1. The van der Waals surface area contributed by atoms with Gasteiger partial charge in [0.1, 0.15) is 11.3 Å². The molecule has 5 heteroatoms. The van der Waals surface area contributed by atoms with Crippen LogP contribution in [0.2, 0.25) is 0 Å². The molecule has 0 spiro atoms. The third-order valence-corrected chi connectivity index (χ3v) is 1.99. The standard InChI is InChI=1S/C10H16N2O3/c1-5-15-9(13)7-6-8(10(2,3)14)11-12(7)4/h6,14H,5H2,1-4H3. The molecule has 0 aliphatic carbocycles. The zero-order valence-electron chi connectivity index (χ0n) is 9.44. The molecule has 0 radical (unpaired) electrons. The lowest BCUT2D eigenvalue weighted by Crippen LogP contribution is -2.16. The number of hydrogen-bond acceptors (Lipinski definition) is 4. The van der Waals surface area contributed by atoms with E-state index in [1.54, 1.807) is 27.8 Å². The van der Waals surface area contributed by atoms with E-state index in [9.17, 15) is 9.90 Å². The van der Waals surface area contributed by atoms with E-state index in [1.807, 2.05) is 0 Å². The molecule has 84 valence electrons. The number of hydrogen-bond donors (Lipinski definition) is 1. The molecule has 1 N–H and O–H groups in total. The Morgan fingerprint density at radius 3 is 2.67 bits per heavy atom. The second-order valence-electron chi connectivity index (χ2n) is 3.82. The Morgan fingerprint density at radius 2 is 2.27 bits per heavy atom. The maximum absolute atomic E-state index is 11.4. The molecule has 1 aromatic rings. The van der Waals surface area contributed by atoms with Crippen LogP contribution in [0.15, 0.2) is 6.07 Å². The van der Waals surface area contributed by atoms with Gasteiger partial charge in [0.15, 0.2) is 0 Å². The Kier molecular flexibility index (Phi) is 3.14. The first-order chi connectivity index (χ1) is 6.86. The van der Waals surface area contributed by atoms with Crippen molar-refractivity contribution in [3.8, 4) is 0 Å². The van der Waals surface area contributed by atoms with Gasteiger partial charge in [0, 0.05) is 7.05 Å².